The first-order valence-corrected chi connectivity index (χ1v) is 5.46. The van der Waals surface area contributed by atoms with E-state index in [1.54, 1.807) is 17.5 Å². The predicted octanol–water partition coefficient (Wildman–Crippen LogP) is 2.94. The van der Waals surface area contributed by atoms with E-state index in [0.29, 0.717) is 5.69 Å². The molecule has 3 N–H and O–H groups in total. The lowest BCUT2D eigenvalue weighted by molar-refractivity contribution is 0.0697. The fraction of sp³-hybridized carbons (Fsp3) is 0. The molecule has 0 aliphatic heterocycles. The van der Waals surface area contributed by atoms with Crippen molar-refractivity contribution in [2.75, 3.05) is 5.73 Å². The molecule has 1 aromatic heterocycles. The number of halogens is 1. The number of thiophene rings is 1. The van der Waals surface area contributed by atoms with Gasteiger partial charge in [0.2, 0.25) is 0 Å². The van der Waals surface area contributed by atoms with Gasteiger partial charge in [-0.05, 0) is 28.1 Å². The Labute approximate surface area is 92.3 Å². The highest BCUT2D eigenvalue weighted by Crippen LogP contribution is 2.34. The molecule has 5 heteroatoms. The number of nitrogens with two attached hydrogens (primary N) is 1. The third kappa shape index (κ3) is 1.38. The fourth-order valence-electron chi connectivity index (χ4n) is 1.24. The first kappa shape index (κ1) is 9.48. The van der Waals surface area contributed by atoms with Crippen molar-refractivity contribution >= 4 is 49.0 Å². The molecule has 0 saturated carbocycles. The SMILES string of the molecule is Nc1csc2c(Br)cc(C(=O)O)cc12. The molecule has 2 rings (SSSR count). The van der Waals surface area contributed by atoms with Gasteiger partial charge in [-0.25, -0.2) is 4.79 Å². The summed E-state index contributed by atoms with van der Waals surface area (Å²) >= 11 is 4.82. The second-order valence-corrected chi connectivity index (χ2v) is 4.56. The van der Waals surface area contributed by atoms with Gasteiger partial charge in [0.05, 0.1) is 16.0 Å². The summed E-state index contributed by atoms with van der Waals surface area (Å²) in [5.74, 6) is -0.946. The van der Waals surface area contributed by atoms with Gasteiger partial charge < -0.3 is 10.8 Å². The van der Waals surface area contributed by atoms with E-state index in [0.717, 1.165) is 14.6 Å². The Kier molecular flexibility index (Phi) is 2.20. The van der Waals surface area contributed by atoms with Gasteiger partial charge in [-0.15, -0.1) is 11.3 Å². The van der Waals surface area contributed by atoms with Crippen LogP contribution in [0.2, 0.25) is 0 Å². The smallest absolute Gasteiger partial charge is 0.335 e. The van der Waals surface area contributed by atoms with E-state index in [-0.39, 0.29) is 5.56 Å². The Hall–Kier alpha value is -1.07. The zero-order valence-electron chi connectivity index (χ0n) is 6.95. The second-order valence-electron chi connectivity index (χ2n) is 2.83. The van der Waals surface area contributed by atoms with E-state index < -0.39 is 5.97 Å². The maximum atomic E-state index is 10.8. The maximum Gasteiger partial charge on any atom is 0.335 e. The lowest BCUT2D eigenvalue weighted by atomic mass is 10.1. The summed E-state index contributed by atoms with van der Waals surface area (Å²) in [5, 5.41) is 11.4. The predicted molar refractivity (Wildman–Crippen MR) is 60.9 cm³/mol. The van der Waals surface area contributed by atoms with Gasteiger partial charge in [0.1, 0.15) is 0 Å². The van der Waals surface area contributed by atoms with Crippen LogP contribution >= 0.6 is 27.3 Å². The maximum absolute atomic E-state index is 10.8. The molecule has 0 amide bonds. The minimum Gasteiger partial charge on any atom is -0.478 e. The number of nitrogen functional groups attached to an aromatic ring is 1. The normalized spacial score (nSPS) is 10.6. The van der Waals surface area contributed by atoms with Gasteiger partial charge in [0.15, 0.2) is 0 Å². The average Bonchev–Trinajstić information content (AvgIpc) is 2.48. The van der Waals surface area contributed by atoms with Gasteiger partial charge in [-0.1, -0.05) is 0 Å². The van der Waals surface area contributed by atoms with Crippen LogP contribution in [0.5, 0.6) is 0 Å². The van der Waals surface area contributed by atoms with E-state index >= 15 is 0 Å². The van der Waals surface area contributed by atoms with Gasteiger partial charge >= 0.3 is 5.97 Å². The zero-order chi connectivity index (χ0) is 10.3. The zero-order valence-corrected chi connectivity index (χ0v) is 9.35. The summed E-state index contributed by atoms with van der Waals surface area (Å²) < 4.78 is 1.75. The molecule has 0 fully saturated rings. The molecule has 3 nitrogen and oxygen atoms in total. The van der Waals surface area contributed by atoms with Crippen molar-refractivity contribution in [2.45, 2.75) is 0 Å². The molecule has 0 spiro atoms. The van der Waals surface area contributed by atoms with Crippen molar-refractivity contribution < 1.29 is 9.90 Å². The van der Waals surface area contributed by atoms with Crippen molar-refractivity contribution in [3.05, 3.63) is 27.5 Å². The molecular formula is C9H6BrNO2S. The highest BCUT2D eigenvalue weighted by Gasteiger charge is 2.10. The van der Waals surface area contributed by atoms with Gasteiger partial charge in [-0.3, -0.25) is 0 Å². The Balaban J connectivity index is 2.82. The van der Waals surface area contributed by atoms with E-state index in [4.69, 9.17) is 10.8 Å². The lowest BCUT2D eigenvalue weighted by Crippen LogP contribution is -1.95. The van der Waals surface area contributed by atoms with Crippen molar-refractivity contribution in [1.82, 2.24) is 0 Å². The van der Waals surface area contributed by atoms with Crippen molar-refractivity contribution in [3.8, 4) is 0 Å². The van der Waals surface area contributed by atoms with Gasteiger partial charge in [-0.2, -0.15) is 0 Å². The van der Waals surface area contributed by atoms with Crippen LogP contribution in [0.3, 0.4) is 0 Å². The monoisotopic (exact) mass is 271 g/mol. The van der Waals surface area contributed by atoms with Crippen LogP contribution in [0.15, 0.2) is 22.0 Å². The summed E-state index contributed by atoms with van der Waals surface area (Å²) in [6.45, 7) is 0. The van der Waals surface area contributed by atoms with E-state index in [1.807, 2.05) is 0 Å². The number of rotatable bonds is 1. The van der Waals surface area contributed by atoms with Crippen LogP contribution in [0, 0.1) is 0 Å². The Morgan fingerprint density at radius 2 is 2.21 bits per heavy atom. The Bertz CT molecular complexity index is 521. The van der Waals surface area contributed by atoms with Gasteiger partial charge in [0, 0.05) is 15.2 Å². The molecule has 0 atom stereocenters. The number of carbonyl (C=O) groups is 1. The number of anilines is 1. The Morgan fingerprint density at radius 1 is 1.50 bits per heavy atom. The van der Waals surface area contributed by atoms with Crippen LogP contribution in [0.4, 0.5) is 5.69 Å². The minimum absolute atomic E-state index is 0.245. The highest BCUT2D eigenvalue weighted by atomic mass is 79.9. The van der Waals surface area contributed by atoms with Crippen molar-refractivity contribution in [3.63, 3.8) is 0 Å². The molecule has 0 aliphatic rings. The number of benzene rings is 1. The number of carboxylic acid groups (broad SMARTS) is 1. The molecule has 0 unspecified atom stereocenters. The molecule has 0 saturated heterocycles. The molecule has 1 aromatic carbocycles. The summed E-state index contributed by atoms with van der Waals surface area (Å²) in [6.07, 6.45) is 0. The summed E-state index contributed by atoms with van der Waals surface area (Å²) in [6, 6.07) is 3.18. The molecule has 72 valence electrons. The molecule has 2 aromatic rings. The summed E-state index contributed by atoms with van der Waals surface area (Å²) in [5.41, 5.74) is 6.57. The molecule has 0 aliphatic carbocycles. The van der Waals surface area contributed by atoms with Crippen LogP contribution in [-0.2, 0) is 0 Å². The number of aromatic carboxylic acids is 1. The van der Waals surface area contributed by atoms with Crippen LogP contribution in [0.25, 0.3) is 10.1 Å². The van der Waals surface area contributed by atoms with E-state index in [1.165, 1.54) is 11.3 Å². The Morgan fingerprint density at radius 3 is 2.86 bits per heavy atom. The second kappa shape index (κ2) is 3.25. The molecule has 0 radical (unpaired) electrons. The van der Waals surface area contributed by atoms with Gasteiger partial charge in [0.25, 0.3) is 0 Å². The first-order valence-electron chi connectivity index (χ1n) is 3.79. The van der Waals surface area contributed by atoms with Crippen molar-refractivity contribution in [2.24, 2.45) is 0 Å². The summed E-state index contributed by atoms with van der Waals surface area (Å²) in [4.78, 5) is 10.8. The minimum atomic E-state index is -0.946. The molecule has 1 heterocycles. The average molecular weight is 272 g/mol. The largest absolute Gasteiger partial charge is 0.478 e. The molecular weight excluding hydrogens is 266 g/mol. The van der Waals surface area contributed by atoms with E-state index in [2.05, 4.69) is 15.9 Å². The highest BCUT2D eigenvalue weighted by molar-refractivity contribution is 9.10. The van der Waals surface area contributed by atoms with E-state index in [9.17, 15) is 4.79 Å². The first-order chi connectivity index (χ1) is 6.59. The number of hydrogen-bond acceptors (Lipinski definition) is 3. The lowest BCUT2D eigenvalue weighted by Gasteiger charge is -1.98. The topological polar surface area (TPSA) is 63.3 Å². The molecule has 0 bridgehead atoms. The number of fused-ring (bicyclic) bond motifs is 1. The molecule has 14 heavy (non-hydrogen) atoms. The van der Waals surface area contributed by atoms with Crippen molar-refractivity contribution in [1.29, 1.82) is 0 Å². The number of carboxylic acids is 1. The fourth-order valence-corrected chi connectivity index (χ4v) is 2.82. The van der Waals surface area contributed by atoms with Crippen LogP contribution in [0.1, 0.15) is 10.4 Å². The summed E-state index contributed by atoms with van der Waals surface area (Å²) in [7, 11) is 0. The third-order valence-corrected chi connectivity index (χ3v) is 3.84. The standard InChI is InChI=1S/C9H6BrNO2S/c10-6-2-4(9(12)13)1-5-7(11)3-14-8(5)6/h1-3H,11H2,(H,12,13). The quantitative estimate of drug-likeness (QED) is 0.838. The van der Waals surface area contributed by atoms with Crippen LogP contribution < -0.4 is 5.73 Å². The van der Waals surface area contributed by atoms with Crippen LogP contribution in [-0.4, -0.2) is 11.1 Å². The third-order valence-electron chi connectivity index (χ3n) is 1.91. The number of hydrogen-bond donors (Lipinski definition) is 2.